The van der Waals surface area contributed by atoms with E-state index >= 15 is 0 Å². The topological polar surface area (TPSA) is 85.2 Å². The number of urea groups is 1. The summed E-state index contributed by atoms with van der Waals surface area (Å²) in [7, 11) is 0. The predicted molar refractivity (Wildman–Crippen MR) is 102 cm³/mol. The third-order valence-electron chi connectivity index (χ3n) is 3.74. The fourth-order valence-electron chi connectivity index (χ4n) is 2.46. The maximum atomic E-state index is 12.1. The van der Waals surface area contributed by atoms with Crippen LogP contribution in [-0.4, -0.2) is 28.4 Å². The molecule has 2 N–H and O–H groups in total. The normalized spacial score (nSPS) is 10.3. The monoisotopic (exact) mass is 364 g/mol. The zero-order chi connectivity index (χ0) is 19.1. The highest BCUT2D eigenvalue weighted by molar-refractivity contribution is 5.89. The van der Waals surface area contributed by atoms with Gasteiger partial charge in [0.2, 0.25) is 0 Å². The summed E-state index contributed by atoms with van der Waals surface area (Å²) in [5.41, 5.74) is 2.58. The zero-order valence-corrected chi connectivity index (χ0v) is 14.9. The summed E-state index contributed by atoms with van der Waals surface area (Å²) >= 11 is 0. The van der Waals surface area contributed by atoms with Crippen LogP contribution in [0.15, 0.2) is 66.9 Å². The van der Waals surface area contributed by atoms with E-state index in [4.69, 9.17) is 4.74 Å². The van der Waals surface area contributed by atoms with Crippen molar-refractivity contribution in [1.82, 2.24) is 15.1 Å². The number of aromatic nitrogens is 2. The van der Waals surface area contributed by atoms with Crippen LogP contribution in [0.1, 0.15) is 23.0 Å². The van der Waals surface area contributed by atoms with Crippen molar-refractivity contribution in [2.45, 2.75) is 13.5 Å². The van der Waals surface area contributed by atoms with Gasteiger partial charge in [0.25, 0.3) is 0 Å². The zero-order valence-electron chi connectivity index (χ0n) is 14.9. The van der Waals surface area contributed by atoms with Crippen molar-refractivity contribution in [1.29, 1.82) is 0 Å². The van der Waals surface area contributed by atoms with Crippen LogP contribution in [0.5, 0.6) is 0 Å². The standard InChI is InChI=1S/C20H20N4O3/c1-2-27-19(25)18-11-12-24(23-18)17-10-6-9-16(13-17)22-20(26)21-14-15-7-4-3-5-8-15/h3-13H,2,14H2,1H3,(H2,21,22,26). The quantitative estimate of drug-likeness (QED) is 0.657. The molecule has 27 heavy (non-hydrogen) atoms. The Morgan fingerprint density at radius 1 is 1.07 bits per heavy atom. The molecule has 0 radical (unpaired) electrons. The molecular formula is C20H20N4O3. The number of ether oxygens (including phenoxy) is 1. The van der Waals surface area contributed by atoms with Crippen molar-refractivity contribution >= 4 is 17.7 Å². The number of rotatable bonds is 6. The Labute approximate surface area is 157 Å². The van der Waals surface area contributed by atoms with E-state index in [0.29, 0.717) is 24.5 Å². The van der Waals surface area contributed by atoms with E-state index in [0.717, 1.165) is 5.56 Å². The van der Waals surface area contributed by atoms with Crippen molar-refractivity contribution in [2.24, 2.45) is 0 Å². The molecule has 0 spiro atoms. The van der Waals surface area contributed by atoms with Crippen LogP contribution < -0.4 is 10.6 Å². The molecule has 3 rings (SSSR count). The van der Waals surface area contributed by atoms with Gasteiger partial charge in [0.15, 0.2) is 5.69 Å². The number of esters is 1. The smallest absolute Gasteiger partial charge is 0.358 e. The molecule has 7 nitrogen and oxygen atoms in total. The van der Waals surface area contributed by atoms with Gasteiger partial charge >= 0.3 is 12.0 Å². The van der Waals surface area contributed by atoms with E-state index in [1.807, 2.05) is 36.4 Å². The van der Waals surface area contributed by atoms with Crippen LogP contribution in [0, 0.1) is 0 Å². The highest BCUT2D eigenvalue weighted by Crippen LogP contribution is 2.15. The number of carbonyl (C=O) groups is 2. The molecular weight excluding hydrogens is 344 g/mol. The number of hydrogen-bond donors (Lipinski definition) is 2. The molecule has 0 aliphatic rings. The first-order chi connectivity index (χ1) is 13.2. The summed E-state index contributed by atoms with van der Waals surface area (Å²) in [6.07, 6.45) is 1.67. The van der Waals surface area contributed by atoms with Crippen molar-refractivity contribution in [3.05, 3.63) is 78.1 Å². The van der Waals surface area contributed by atoms with Gasteiger partial charge < -0.3 is 15.4 Å². The third-order valence-corrected chi connectivity index (χ3v) is 3.74. The summed E-state index contributed by atoms with van der Waals surface area (Å²) in [5.74, 6) is -0.467. The molecule has 0 fully saturated rings. The van der Waals surface area contributed by atoms with Crippen molar-refractivity contribution in [3.63, 3.8) is 0 Å². The molecule has 0 saturated heterocycles. The van der Waals surface area contributed by atoms with E-state index in [9.17, 15) is 9.59 Å². The minimum atomic E-state index is -0.467. The summed E-state index contributed by atoms with van der Waals surface area (Å²) in [5, 5.41) is 9.80. The Hall–Kier alpha value is -3.61. The number of anilines is 1. The lowest BCUT2D eigenvalue weighted by Gasteiger charge is -2.09. The molecule has 3 aromatic rings. The number of nitrogens with one attached hydrogen (secondary N) is 2. The highest BCUT2D eigenvalue weighted by Gasteiger charge is 2.11. The van der Waals surface area contributed by atoms with Crippen molar-refractivity contribution in [3.8, 4) is 5.69 Å². The molecule has 0 saturated carbocycles. The Morgan fingerprint density at radius 2 is 1.89 bits per heavy atom. The SMILES string of the molecule is CCOC(=O)c1ccn(-c2cccc(NC(=O)NCc3ccccc3)c2)n1. The van der Waals surface area contributed by atoms with Crippen molar-refractivity contribution < 1.29 is 14.3 Å². The fraction of sp³-hybridized carbons (Fsp3) is 0.150. The lowest BCUT2D eigenvalue weighted by Crippen LogP contribution is -2.28. The molecule has 1 aromatic heterocycles. The second kappa shape index (κ2) is 8.66. The summed E-state index contributed by atoms with van der Waals surface area (Å²) in [4.78, 5) is 23.8. The van der Waals surface area contributed by atoms with E-state index in [1.165, 1.54) is 0 Å². The van der Waals surface area contributed by atoms with Gasteiger partial charge in [0, 0.05) is 18.4 Å². The highest BCUT2D eigenvalue weighted by atomic mass is 16.5. The van der Waals surface area contributed by atoms with Gasteiger partial charge in [0.05, 0.1) is 12.3 Å². The molecule has 0 aliphatic heterocycles. The summed E-state index contributed by atoms with van der Waals surface area (Å²) in [6, 6.07) is 18.1. The fourth-order valence-corrected chi connectivity index (χ4v) is 2.46. The second-order valence-electron chi connectivity index (χ2n) is 5.71. The molecule has 0 aliphatic carbocycles. The van der Waals surface area contributed by atoms with Crippen LogP contribution in [0.3, 0.4) is 0 Å². The Balaban J connectivity index is 1.63. The summed E-state index contributed by atoms with van der Waals surface area (Å²) < 4.78 is 6.49. The van der Waals surface area contributed by atoms with Gasteiger partial charge in [-0.2, -0.15) is 5.10 Å². The van der Waals surface area contributed by atoms with Gasteiger partial charge in [-0.05, 0) is 36.8 Å². The number of nitrogens with zero attached hydrogens (tertiary/aromatic N) is 2. The number of hydrogen-bond acceptors (Lipinski definition) is 4. The van der Waals surface area contributed by atoms with Gasteiger partial charge in [0.1, 0.15) is 0 Å². The minimum Gasteiger partial charge on any atom is -0.461 e. The molecule has 7 heteroatoms. The minimum absolute atomic E-state index is 0.232. The number of carbonyl (C=O) groups excluding carboxylic acids is 2. The van der Waals surface area contributed by atoms with Gasteiger partial charge in [-0.25, -0.2) is 14.3 Å². The molecule has 138 valence electrons. The third kappa shape index (κ3) is 4.94. The van der Waals surface area contributed by atoms with Gasteiger partial charge in [-0.15, -0.1) is 0 Å². The largest absolute Gasteiger partial charge is 0.461 e. The van der Waals surface area contributed by atoms with Crippen molar-refractivity contribution in [2.75, 3.05) is 11.9 Å². The van der Waals surface area contributed by atoms with Crippen LogP contribution in [0.4, 0.5) is 10.5 Å². The average Bonchev–Trinajstić information content (AvgIpc) is 3.18. The van der Waals surface area contributed by atoms with Crippen LogP contribution >= 0.6 is 0 Å². The first-order valence-corrected chi connectivity index (χ1v) is 8.57. The van der Waals surface area contributed by atoms with Gasteiger partial charge in [-0.1, -0.05) is 36.4 Å². The Bertz CT molecular complexity index is 922. The van der Waals surface area contributed by atoms with E-state index in [1.54, 1.807) is 42.1 Å². The molecule has 2 amide bonds. The molecule has 0 bridgehead atoms. The maximum Gasteiger partial charge on any atom is 0.358 e. The van der Waals surface area contributed by atoms with E-state index < -0.39 is 5.97 Å². The number of benzene rings is 2. The van der Waals surface area contributed by atoms with E-state index in [-0.39, 0.29) is 11.7 Å². The van der Waals surface area contributed by atoms with Crippen LogP contribution in [-0.2, 0) is 11.3 Å². The maximum absolute atomic E-state index is 12.1. The lowest BCUT2D eigenvalue weighted by atomic mass is 10.2. The molecule has 0 unspecified atom stereocenters. The molecule has 0 atom stereocenters. The first-order valence-electron chi connectivity index (χ1n) is 8.57. The molecule has 1 heterocycles. The molecule has 2 aromatic carbocycles. The average molecular weight is 364 g/mol. The van der Waals surface area contributed by atoms with Gasteiger partial charge in [-0.3, -0.25) is 0 Å². The van der Waals surface area contributed by atoms with E-state index in [2.05, 4.69) is 15.7 Å². The predicted octanol–water partition coefficient (Wildman–Crippen LogP) is 3.37. The first kappa shape index (κ1) is 18.2. The summed E-state index contributed by atoms with van der Waals surface area (Å²) in [6.45, 7) is 2.48. The number of amides is 2. The van der Waals surface area contributed by atoms with Crippen LogP contribution in [0.25, 0.3) is 5.69 Å². The lowest BCUT2D eigenvalue weighted by molar-refractivity contribution is 0.0519. The second-order valence-corrected chi connectivity index (χ2v) is 5.71. The Morgan fingerprint density at radius 3 is 2.67 bits per heavy atom. The Kier molecular flexibility index (Phi) is 5.84. The van der Waals surface area contributed by atoms with Crippen LogP contribution in [0.2, 0.25) is 0 Å².